The van der Waals surface area contributed by atoms with Gasteiger partial charge < -0.3 is 14.5 Å². The van der Waals surface area contributed by atoms with Crippen molar-refractivity contribution >= 4 is 11.7 Å². The Balaban J connectivity index is 1.50. The van der Waals surface area contributed by atoms with Crippen LogP contribution in [-0.4, -0.2) is 48.6 Å². The maximum absolute atomic E-state index is 12.6. The average molecular weight is 379 g/mol. The van der Waals surface area contributed by atoms with Crippen molar-refractivity contribution in [3.05, 3.63) is 53.7 Å². The molecule has 0 atom stereocenters. The molecule has 5 nitrogen and oxygen atoms in total. The number of hydrogen-bond donors (Lipinski definition) is 0. The molecule has 0 N–H and O–H groups in total. The van der Waals surface area contributed by atoms with Crippen molar-refractivity contribution in [2.24, 2.45) is 0 Å². The van der Waals surface area contributed by atoms with E-state index < -0.39 is 11.7 Å². The Kier molecular flexibility index (Phi) is 5.53. The molecule has 0 saturated carbocycles. The highest BCUT2D eigenvalue weighted by molar-refractivity contribution is 5.78. The molecule has 3 rings (SSSR count). The fraction of sp³-hybridized carbons (Fsp3) is 0.368. The van der Waals surface area contributed by atoms with Gasteiger partial charge in [0.1, 0.15) is 11.6 Å². The number of carbonyl (C=O) groups is 1. The van der Waals surface area contributed by atoms with Gasteiger partial charge in [0.15, 0.2) is 6.61 Å². The van der Waals surface area contributed by atoms with E-state index in [4.69, 9.17) is 4.74 Å². The molecule has 0 spiro atoms. The van der Waals surface area contributed by atoms with Gasteiger partial charge >= 0.3 is 6.18 Å². The molecule has 144 valence electrons. The van der Waals surface area contributed by atoms with Crippen LogP contribution in [0.1, 0.15) is 11.1 Å². The smallest absolute Gasteiger partial charge is 0.417 e. The van der Waals surface area contributed by atoms with Gasteiger partial charge in [0.2, 0.25) is 0 Å². The van der Waals surface area contributed by atoms with Gasteiger partial charge in [0, 0.05) is 32.4 Å². The molecule has 2 aromatic rings. The number of nitrogens with zero attached hydrogens (tertiary/aromatic N) is 3. The molecule has 0 aliphatic carbocycles. The number of pyridine rings is 1. The molecule has 1 aliphatic heterocycles. The molecule has 27 heavy (non-hydrogen) atoms. The van der Waals surface area contributed by atoms with E-state index in [9.17, 15) is 18.0 Å². The number of hydrogen-bond acceptors (Lipinski definition) is 4. The van der Waals surface area contributed by atoms with Crippen LogP contribution in [0, 0.1) is 6.92 Å². The largest absolute Gasteiger partial charge is 0.484 e. The lowest BCUT2D eigenvalue weighted by Gasteiger charge is -2.35. The van der Waals surface area contributed by atoms with Crippen LogP contribution in [0.15, 0.2) is 42.6 Å². The summed E-state index contributed by atoms with van der Waals surface area (Å²) in [4.78, 5) is 19.8. The molecule has 0 unspecified atom stereocenters. The zero-order valence-electron chi connectivity index (χ0n) is 14.9. The second kappa shape index (κ2) is 7.85. The number of carbonyl (C=O) groups excluding carboxylic acids is 1. The minimum atomic E-state index is -4.39. The topological polar surface area (TPSA) is 45.7 Å². The van der Waals surface area contributed by atoms with Gasteiger partial charge in [-0.2, -0.15) is 13.2 Å². The fourth-order valence-corrected chi connectivity index (χ4v) is 2.87. The van der Waals surface area contributed by atoms with Crippen molar-refractivity contribution in [1.29, 1.82) is 0 Å². The summed E-state index contributed by atoms with van der Waals surface area (Å²) in [5.74, 6) is 1.01. The molecular weight excluding hydrogens is 359 g/mol. The number of alkyl halides is 3. The first-order valence-electron chi connectivity index (χ1n) is 8.58. The Hall–Kier alpha value is -2.77. The predicted molar refractivity (Wildman–Crippen MR) is 94.7 cm³/mol. The first-order chi connectivity index (χ1) is 12.8. The number of rotatable bonds is 4. The van der Waals surface area contributed by atoms with E-state index >= 15 is 0 Å². The van der Waals surface area contributed by atoms with Gasteiger partial charge in [-0.25, -0.2) is 4.98 Å². The summed E-state index contributed by atoms with van der Waals surface area (Å²) in [6, 6.07) is 9.86. The summed E-state index contributed by atoms with van der Waals surface area (Å²) in [6.07, 6.45) is -3.56. The molecular formula is C19H20F3N3O2. The van der Waals surface area contributed by atoms with E-state index in [0.29, 0.717) is 37.7 Å². The van der Waals surface area contributed by atoms with Crippen LogP contribution >= 0.6 is 0 Å². The van der Waals surface area contributed by atoms with Crippen LogP contribution < -0.4 is 9.64 Å². The minimum absolute atomic E-state index is 0.0397. The third-order valence-corrected chi connectivity index (χ3v) is 4.38. The SMILES string of the molecule is Cc1cccc(OCC(=O)N2CCN(c3ccc(C(F)(F)F)cn3)CC2)c1. The van der Waals surface area contributed by atoms with Crippen LogP contribution in [0.5, 0.6) is 5.75 Å². The molecule has 2 heterocycles. The number of piperazine rings is 1. The van der Waals surface area contributed by atoms with Crippen molar-refractivity contribution in [1.82, 2.24) is 9.88 Å². The van der Waals surface area contributed by atoms with Gasteiger partial charge in [-0.05, 0) is 36.8 Å². The van der Waals surface area contributed by atoms with E-state index in [0.717, 1.165) is 17.8 Å². The van der Waals surface area contributed by atoms with Crippen LogP contribution in [0.2, 0.25) is 0 Å². The molecule has 1 aromatic carbocycles. The molecule has 0 radical (unpaired) electrons. The summed E-state index contributed by atoms with van der Waals surface area (Å²) in [5, 5.41) is 0. The summed E-state index contributed by atoms with van der Waals surface area (Å²) in [7, 11) is 0. The maximum atomic E-state index is 12.6. The van der Waals surface area contributed by atoms with E-state index in [-0.39, 0.29) is 12.5 Å². The maximum Gasteiger partial charge on any atom is 0.417 e. The van der Waals surface area contributed by atoms with Gasteiger partial charge in [0.05, 0.1) is 5.56 Å². The lowest BCUT2D eigenvalue weighted by atomic mass is 10.2. The summed E-state index contributed by atoms with van der Waals surface area (Å²) >= 11 is 0. The zero-order valence-corrected chi connectivity index (χ0v) is 14.9. The van der Waals surface area contributed by atoms with Gasteiger partial charge in [0.25, 0.3) is 5.91 Å². The van der Waals surface area contributed by atoms with Crippen LogP contribution in [0.3, 0.4) is 0 Å². The van der Waals surface area contributed by atoms with Crippen LogP contribution in [0.25, 0.3) is 0 Å². The Morgan fingerprint density at radius 1 is 1.15 bits per heavy atom. The molecule has 0 bridgehead atoms. The molecule has 1 saturated heterocycles. The Bertz CT molecular complexity index is 786. The van der Waals surface area contributed by atoms with E-state index in [1.165, 1.54) is 6.07 Å². The quantitative estimate of drug-likeness (QED) is 0.819. The summed E-state index contributed by atoms with van der Waals surface area (Å²) < 4.78 is 43.4. The lowest BCUT2D eigenvalue weighted by Crippen LogP contribution is -2.50. The Morgan fingerprint density at radius 2 is 1.89 bits per heavy atom. The molecule has 1 aromatic heterocycles. The number of halogens is 3. The number of benzene rings is 1. The molecule has 8 heteroatoms. The molecule has 1 fully saturated rings. The van der Waals surface area contributed by atoms with Gasteiger partial charge in [-0.15, -0.1) is 0 Å². The summed E-state index contributed by atoms with van der Waals surface area (Å²) in [6.45, 7) is 3.87. The predicted octanol–water partition coefficient (Wildman–Crippen LogP) is 3.14. The number of ether oxygens (including phenoxy) is 1. The first-order valence-corrected chi connectivity index (χ1v) is 8.58. The average Bonchev–Trinajstić information content (AvgIpc) is 2.66. The van der Waals surface area contributed by atoms with Crippen molar-refractivity contribution in [3.8, 4) is 5.75 Å². The van der Waals surface area contributed by atoms with Gasteiger partial charge in [-0.3, -0.25) is 4.79 Å². The van der Waals surface area contributed by atoms with Gasteiger partial charge in [-0.1, -0.05) is 12.1 Å². The Labute approximate surface area is 155 Å². The van der Waals surface area contributed by atoms with E-state index in [2.05, 4.69) is 4.98 Å². The second-order valence-corrected chi connectivity index (χ2v) is 6.38. The minimum Gasteiger partial charge on any atom is -0.484 e. The van der Waals surface area contributed by atoms with Crippen molar-refractivity contribution < 1.29 is 22.7 Å². The standard InChI is InChI=1S/C19H20F3N3O2/c1-14-3-2-4-16(11-14)27-13-18(26)25-9-7-24(8-10-25)17-6-5-15(12-23-17)19(20,21)22/h2-6,11-12H,7-10,13H2,1H3. The normalized spacial score (nSPS) is 15.0. The van der Waals surface area contributed by atoms with Crippen molar-refractivity contribution in [2.45, 2.75) is 13.1 Å². The highest BCUT2D eigenvalue weighted by Crippen LogP contribution is 2.29. The Morgan fingerprint density at radius 3 is 2.48 bits per heavy atom. The van der Waals surface area contributed by atoms with E-state index in [1.807, 2.05) is 30.0 Å². The number of anilines is 1. The number of aromatic nitrogens is 1. The van der Waals surface area contributed by atoms with Crippen molar-refractivity contribution in [2.75, 3.05) is 37.7 Å². The van der Waals surface area contributed by atoms with Crippen molar-refractivity contribution in [3.63, 3.8) is 0 Å². The monoisotopic (exact) mass is 379 g/mol. The molecule has 1 aliphatic rings. The first kappa shape index (κ1) is 19.0. The van der Waals surface area contributed by atoms with Crippen LogP contribution in [0.4, 0.5) is 19.0 Å². The highest BCUT2D eigenvalue weighted by atomic mass is 19.4. The van der Waals surface area contributed by atoms with Crippen LogP contribution in [-0.2, 0) is 11.0 Å². The van der Waals surface area contributed by atoms with E-state index in [1.54, 1.807) is 11.0 Å². The zero-order chi connectivity index (χ0) is 19.4. The summed E-state index contributed by atoms with van der Waals surface area (Å²) in [5.41, 5.74) is 0.283. The molecule has 1 amide bonds. The third-order valence-electron chi connectivity index (χ3n) is 4.38. The highest BCUT2D eigenvalue weighted by Gasteiger charge is 2.31. The third kappa shape index (κ3) is 4.90. The fourth-order valence-electron chi connectivity index (χ4n) is 2.87. The lowest BCUT2D eigenvalue weighted by molar-refractivity contribution is -0.138. The number of aryl methyl sites for hydroxylation is 1. The second-order valence-electron chi connectivity index (χ2n) is 6.38. The number of amides is 1.